The van der Waals surface area contributed by atoms with Crippen LogP contribution in [0.4, 0.5) is 15.6 Å². The molecule has 0 saturated heterocycles. The number of carbonyl (C=O) groups excluding carboxylic acids is 1. The third kappa shape index (κ3) is 2.88. The van der Waals surface area contributed by atoms with Crippen LogP contribution in [0.5, 0.6) is 0 Å². The second kappa shape index (κ2) is 5.94. The Balaban J connectivity index is 1.77. The van der Waals surface area contributed by atoms with Crippen LogP contribution in [-0.2, 0) is 12.8 Å². The minimum absolute atomic E-state index is 0.371. The van der Waals surface area contributed by atoms with Crippen molar-refractivity contribution in [1.29, 1.82) is 5.26 Å². The number of rotatable bonds is 2. The highest BCUT2D eigenvalue weighted by molar-refractivity contribution is 7.16. The minimum atomic E-state index is -0.371. The van der Waals surface area contributed by atoms with Crippen molar-refractivity contribution in [3.63, 3.8) is 0 Å². The Labute approximate surface area is 126 Å². The normalized spacial score (nSPS) is 13.1. The third-order valence-electron chi connectivity index (χ3n) is 3.42. The van der Waals surface area contributed by atoms with Gasteiger partial charge in [-0.1, -0.05) is 6.07 Å². The number of urea groups is 1. The molecule has 3 rings (SSSR count). The van der Waals surface area contributed by atoms with Crippen LogP contribution in [0.15, 0.2) is 24.4 Å². The molecule has 0 unspecified atom stereocenters. The summed E-state index contributed by atoms with van der Waals surface area (Å²) >= 11 is 1.51. The van der Waals surface area contributed by atoms with E-state index in [4.69, 9.17) is 0 Å². The van der Waals surface area contributed by atoms with E-state index in [2.05, 4.69) is 21.7 Å². The zero-order chi connectivity index (χ0) is 14.7. The van der Waals surface area contributed by atoms with Crippen molar-refractivity contribution >= 4 is 28.2 Å². The van der Waals surface area contributed by atoms with Gasteiger partial charge in [-0.3, -0.25) is 10.6 Å². The number of aromatic nitrogens is 1. The van der Waals surface area contributed by atoms with Gasteiger partial charge in [0, 0.05) is 11.1 Å². The fourth-order valence-corrected chi connectivity index (χ4v) is 3.69. The van der Waals surface area contributed by atoms with Crippen molar-refractivity contribution in [2.24, 2.45) is 0 Å². The first-order valence-electron chi connectivity index (χ1n) is 6.81. The van der Waals surface area contributed by atoms with Gasteiger partial charge in [0.1, 0.15) is 16.9 Å². The Morgan fingerprint density at radius 1 is 1.29 bits per heavy atom. The molecule has 2 amide bonds. The van der Waals surface area contributed by atoms with Gasteiger partial charge in [-0.15, -0.1) is 11.3 Å². The van der Waals surface area contributed by atoms with Crippen LogP contribution >= 0.6 is 11.3 Å². The predicted octanol–water partition coefficient (Wildman–Crippen LogP) is 3.54. The van der Waals surface area contributed by atoms with Crippen LogP contribution in [0, 0.1) is 11.3 Å². The monoisotopic (exact) mass is 298 g/mol. The highest BCUT2D eigenvalue weighted by Crippen LogP contribution is 2.37. The summed E-state index contributed by atoms with van der Waals surface area (Å²) in [6.45, 7) is 0. The summed E-state index contributed by atoms with van der Waals surface area (Å²) in [7, 11) is 0. The van der Waals surface area contributed by atoms with Crippen molar-refractivity contribution in [2.45, 2.75) is 25.7 Å². The molecule has 0 aliphatic heterocycles. The zero-order valence-corrected chi connectivity index (χ0v) is 12.2. The Morgan fingerprint density at radius 2 is 2.14 bits per heavy atom. The lowest BCUT2D eigenvalue weighted by Crippen LogP contribution is -2.19. The number of nitriles is 1. The molecule has 1 aliphatic rings. The molecule has 0 bridgehead atoms. The maximum atomic E-state index is 12.0. The van der Waals surface area contributed by atoms with Crippen LogP contribution < -0.4 is 10.6 Å². The van der Waals surface area contributed by atoms with E-state index in [1.807, 2.05) is 0 Å². The maximum absolute atomic E-state index is 12.0. The van der Waals surface area contributed by atoms with Crippen LogP contribution in [0.2, 0.25) is 0 Å². The number of pyridine rings is 1. The first kappa shape index (κ1) is 13.6. The SMILES string of the molecule is N#Cc1c(NC(=O)Nc2ccccn2)sc2c1CCCC2. The average Bonchev–Trinajstić information content (AvgIpc) is 2.85. The van der Waals surface area contributed by atoms with Crippen molar-refractivity contribution in [2.75, 3.05) is 10.6 Å². The molecule has 2 aromatic heterocycles. The van der Waals surface area contributed by atoms with Gasteiger partial charge in [0.05, 0.1) is 5.56 Å². The second-order valence-corrected chi connectivity index (χ2v) is 5.93. The topological polar surface area (TPSA) is 77.8 Å². The number of fused-ring (bicyclic) bond motifs is 1. The predicted molar refractivity (Wildman–Crippen MR) is 82.6 cm³/mol. The first-order chi connectivity index (χ1) is 10.3. The number of hydrogen-bond donors (Lipinski definition) is 2. The quantitative estimate of drug-likeness (QED) is 0.890. The number of carbonyl (C=O) groups is 1. The molecule has 0 saturated carbocycles. The van der Waals surface area contributed by atoms with Gasteiger partial charge in [-0.2, -0.15) is 5.26 Å². The fourth-order valence-electron chi connectivity index (χ4n) is 2.46. The molecular weight excluding hydrogens is 284 g/mol. The Hall–Kier alpha value is -2.39. The number of nitrogens with zero attached hydrogens (tertiary/aromatic N) is 2. The van der Waals surface area contributed by atoms with Gasteiger partial charge in [0.2, 0.25) is 0 Å². The number of thiophene rings is 1. The number of nitrogens with one attached hydrogen (secondary N) is 2. The van der Waals surface area contributed by atoms with Gasteiger partial charge in [-0.05, 0) is 43.4 Å². The fraction of sp³-hybridized carbons (Fsp3) is 0.267. The smallest absolute Gasteiger partial charge is 0.298 e. The molecule has 0 fully saturated rings. The summed E-state index contributed by atoms with van der Waals surface area (Å²) in [6, 6.07) is 7.15. The Morgan fingerprint density at radius 3 is 2.90 bits per heavy atom. The molecule has 21 heavy (non-hydrogen) atoms. The molecule has 0 radical (unpaired) electrons. The molecule has 0 aromatic carbocycles. The molecule has 2 heterocycles. The lowest BCUT2D eigenvalue weighted by atomic mass is 9.96. The van der Waals surface area contributed by atoms with Gasteiger partial charge >= 0.3 is 6.03 Å². The summed E-state index contributed by atoms with van der Waals surface area (Å²) in [6.07, 6.45) is 5.80. The molecule has 2 N–H and O–H groups in total. The summed E-state index contributed by atoms with van der Waals surface area (Å²) < 4.78 is 0. The van der Waals surface area contributed by atoms with E-state index >= 15 is 0 Å². The van der Waals surface area contributed by atoms with Crippen LogP contribution in [0.1, 0.15) is 28.8 Å². The minimum Gasteiger partial charge on any atom is -0.298 e. The van der Waals surface area contributed by atoms with Crippen molar-refractivity contribution < 1.29 is 4.79 Å². The van der Waals surface area contributed by atoms with Gasteiger partial charge < -0.3 is 0 Å². The first-order valence-corrected chi connectivity index (χ1v) is 7.63. The number of hydrogen-bond acceptors (Lipinski definition) is 4. The molecular formula is C15H14N4OS. The van der Waals surface area contributed by atoms with Crippen LogP contribution in [0.25, 0.3) is 0 Å². The maximum Gasteiger partial charge on any atom is 0.325 e. The van der Waals surface area contributed by atoms with Crippen LogP contribution in [0.3, 0.4) is 0 Å². The van der Waals surface area contributed by atoms with Crippen molar-refractivity contribution in [3.8, 4) is 6.07 Å². The highest BCUT2D eigenvalue weighted by atomic mass is 32.1. The second-order valence-electron chi connectivity index (χ2n) is 4.82. The van der Waals surface area contributed by atoms with E-state index in [1.54, 1.807) is 24.4 Å². The van der Waals surface area contributed by atoms with E-state index in [0.717, 1.165) is 31.2 Å². The molecule has 0 spiro atoms. The summed E-state index contributed by atoms with van der Waals surface area (Å²) in [4.78, 5) is 17.3. The molecule has 106 valence electrons. The molecule has 1 aliphatic carbocycles. The lowest BCUT2D eigenvalue weighted by molar-refractivity contribution is 0.262. The Kier molecular flexibility index (Phi) is 3.84. The lowest BCUT2D eigenvalue weighted by Gasteiger charge is -2.09. The van der Waals surface area contributed by atoms with E-state index in [0.29, 0.717) is 16.4 Å². The van der Waals surface area contributed by atoms with Crippen molar-refractivity contribution in [1.82, 2.24) is 4.98 Å². The summed E-state index contributed by atoms with van der Waals surface area (Å²) in [5, 5.41) is 15.4. The van der Waals surface area contributed by atoms with Gasteiger partial charge in [-0.25, -0.2) is 9.78 Å². The number of anilines is 2. The zero-order valence-electron chi connectivity index (χ0n) is 11.3. The largest absolute Gasteiger partial charge is 0.325 e. The van der Waals surface area contributed by atoms with E-state index in [9.17, 15) is 10.1 Å². The van der Waals surface area contributed by atoms with Crippen molar-refractivity contribution in [3.05, 3.63) is 40.4 Å². The van der Waals surface area contributed by atoms with E-state index in [1.165, 1.54) is 16.2 Å². The molecule has 5 nitrogen and oxygen atoms in total. The number of aryl methyl sites for hydroxylation is 1. The number of amides is 2. The standard InChI is InChI=1S/C15H14N4OS/c16-9-11-10-5-1-2-6-12(10)21-14(11)19-15(20)18-13-7-3-4-8-17-13/h3-4,7-8H,1-2,5-6H2,(H2,17,18,19,20). The average molecular weight is 298 g/mol. The third-order valence-corrected chi connectivity index (χ3v) is 4.62. The summed E-state index contributed by atoms with van der Waals surface area (Å²) in [5.41, 5.74) is 1.73. The molecule has 0 atom stereocenters. The van der Waals surface area contributed by atoms with Gasteiger partial charge in [0.15, 0.2) is 0 Å². The van der Waals surface area contributed by atoms with E-state index < -0.39 is 0 Å². The van der Waals surface area contributed by atoms with E-state index in [-0.39, 0.29) is 6.03 Å². The highest BCUT2D eigenvalue weighted by Gasteiger charge is 2.21. The molecule has 2 aromatic rings. The Bertz CT molecular complexity index is 702. The molecule has 6 heteroatoms. The van der Waals surface area contributed by atoms with Crippen LogP contribution in [-0.4, -0.2) is 11.0 Å². The summed E-state index contributed by atoms with van der Waals surface area (Å²) in [5.74, 6) is 0.481. The van der Waals surface area contributed by atoms with Gasteiger partial charge in [0.25, 0.3) is 0 Å².